The molecule has 0 bridgehead atoms. The third kappa shape index (κ3) is 3.69. The molecule has 0 aromatic carbocycles. The second-order valence-electron chi connectivity index (χ2n) is 6.80. The summed E-state index contributed by atoms with van der Waals surface area (Å²) in [5.41, 5.74) is 1.17. The molecule has 1 amide bonds. The van der Waals surface area contributed by atoms with Crippen molar-refractivity contribution in [2.24, 2.45) is 5.92 Å². The van der Waals surface area contributed by atoms with E-state index >= 15 is 0 Å². The van der Waals surface area contributed by atoms with Crippen LogP contribution < -0.4 is 5.32 Å². The Balaban J connectivity index is 1.43. The lowest BCUT2D eigenvalue weighted by molar-refractivity contribution is -0.136. The summed E-state index contributed by atoms with van der Waals surface area (Å²) >= 11 is 0. The smallest absolute Gasteiger partial charge is 0.236 e. The Morgan fingerprint density at radius 3 is 2.95 bits per heavy atom. The molecule has 122 valence electrons. The molecule has 1 aliphatic heterocycles. The van der Waals surface area contributed by atoms with Crippen molar-refractivity contribution in [1.29, 1.82) is 0 Å². The van der Waals surface area contributed by atoms with Crippen LogP contribution in [-0.4, -0.2) is 46.3 Å². The lowest BCUT2D eigenvalue weighted by atomic mass is 9.78. The van der Waals surface area contributed by atoms with Crippen LogP contribution in [0.5, 0.6) is 0 Å². The number of carbonyl (C=O) groups is 1. The Hall–Kier alpha value is -1.36. The molecule has 1 aromatic heterocycles. The van der Waals surface area contributed by atoms with E-state index in [9.17, 15) is 4.79 Å². The minimum atomic E-state index is 0.285. The molecule has 2 atom stereocenters. The fraction of sp³-hybridized carbons (Fsp3) is 0.765. The molecule has 0 unspecified atom stereocenters. The fourth-order valence-corrected chi connectivity index (χ4v) is 4.01. The van der Waals surface area contributed by atoms with Crippen LogP contribution >= 0.6 is 0 Å². The molecule has 2 fully saturated rings. The molecule has 1 saturated heterocycles. The van der Waals surface area contributed by atoms with Crippen LogP contribution in [0.1, 0.15) is 44.1 Å². The molecule has 5 heteroatoms. The van der Waals surface area contributed by atoms with Crippen molar-refractivity contribution in [3.05, 3.63) is 18.0 Å². The first kappa shape index (κ1) is 15.5. The topological polar surface area (TPSA) is 50.2 Å². The molecule has 1 aliphatic carbocycles. The predicted octanol–water partition coefficient (Wildman–Crippen LogP) is 1.96. The zero-order valence-corrected chi connectivity index (χ0v) is 13.6. The fourth-order valence-electron chi connectivity index (χ4n) is 4.01. The summed E-state index contributed by atoms with van der Waals surface area (Å²) in [6, 6.07) is 0.519. The van der Waals surface area contributed by atoms with Gasteiger partial charge in [0.2, 0.25) is 5.91 Å². The highest BCUT2D eigenvalue weighted by Crippen LogP contribution is 2.35. The lowest BCUT2D eigenvalue weighted by Gasteiger charge is -2.44. The third-order valence-corrected chi connectivity index (χ3v) is 5.12. The highest BCUT2D eigenvalue weighted by Gasteiger charge is 2.35. The van der Waals surface area contributed by atoms with E-state index in [2.05, 4.69) is 15.3 Å². The van der Waals surface area contributed by atoms with Crippen LogP contribution in [0, 0.1) is 12.8 Å². The summed E-state index contributed by atoms with van der Waals surface area (Å²) in [5, 5.41) is 7.54. The second kappa shape index (κ2) is 7.27. The Kier molecular flexibility index (Phi) is 5.13. The second-order valence-corrected chi connectivity index (χ2v) is 6.80. The summed E-state index contributed by atoms with van der Waals surface area (Å²) < 4.78 is 1.92. The van der Waals surface area contributed by atoms with Crippen LogP contribution in [0.15, 0.2) is 12.4 Å². The quantitative estimate of drug-likeness (QED) is 0.846. The van der Waals surface area contributed by atoms with Gasteiger partial charge in [0, 0.05) is 25.3 Å². The number of aryl methyl sites for hydroxylation is 1. The van der Waals surface area contributed by atoms with Crippen LogP contribution in [0.25, 0.3) is 0 Å². The number of fused-ring (bicyclic) bond motifs is 1. The van der Waals surface area contributed by atoms with Gasteiger partial charge in [0.15, 0.2) is 0 Å². The first-order valence-electron chi connectivity index (χ1n) is 8.73. The molecule has 3 rings (SSSR count). The average Bonchev–Trinajstić information content (AvgIpc) is 2.96. The van der Waals surface area contributed by atoms with E-state index in [0.29, 0.717) is 12.6 Å². The molecule has 0 spiro atoms. The van der Waals surface area contributed by atoms with Crippen LogP contribution in [0.4, 0.5) is 0 Å². The van der Waals surface area contributed by atoms with Crippen LogP contribution in [-0.2, 0) is 11.3 Å². The van der Waals surface area contributed by atoms with Crippen LogP contribution in [0.2, 0.25) is 0 Å². The lowest BCUT2D eigenvalue weighted by Crippen LogP contribution is -2.52. The van der Waals surface area contributed by atoms with Gasteiger partial charge in [-0.1, -0.05) is 12.8 Å². The zero-order chi connectivity index (χ0) is 15.4. The molecule has 2 heterocycles. The highest BCUT2D eigenvalue weighted by atomic mass is 16.2. The van der Waals surface area contributed by atoms with Gasteiger partial charge in [-0.25, -0.2) is 0 Å². The molecule has 1 N–H and O–H groups in total. The van der Waals surface area contributed by atoms with E-state index in [1.807, 2.05) is 24.0 Å². The van der Waals surface area contributed by atoms with Crippen molar-refractivity contribution in [2.45, 2.75) is 58.0 Å². The van der Waals surface area contributed by atoms with E-state index in [1.165, 1.54) is 44.1 Å². The van der Waals surface area contributed by atoms with E-state index in [-0.39, 0.29) is 5.91 Å². The molecule has 5 nitrogen and oxygen atoms in total. The summed E-state index contributed by atoms with van der Waals surface area (Å²) in [4.78, 5) is 14.7. The third-order valence-electron chi connectivity index (χ3n) is 5.12. The van der Waals surface area contributed by atoms with Gasteiger partial charge in [0.1, 0.15) is 0 Å². The molecule has 0 radical (unpaired) electrons. The molecular weight excluding hydrogens is 276 g/mol. The van der Waals surface area contributed by atoms with E-state index < -0.39 is 0 Å². The minimum absolute atomic E-state index is 0.285. The number of nitrogens with zero attached hydrogens (tertiary/aromatic N) is 3. The predicted molar refractivity (Wildman–Crippen MR) is 86.5 cm³/mol. The van der Waals surface area contributed by atoms with Crippen molar-refractivity contribution < 1.29 is 4.79 Å². The number of aromatic nitrogens is 2. The Morgan fingerprint density at radius 1 is 1.32 bits per heavy atom. The number of hydrogen-bond donors (Lipinski definition) is 1. The molecule has 1 saturated carbocycles. The van der Waals surface area contributed by atoms with Crippen molar-refractivity contribution in [3.63, 3.8) is 0 Å². The first-order valence-corrected chi connectivity index (χ1v) is 8.73. The summed E-state index contributed by atoms with van der Waals surface area (Å²) in [6.45, 7) is 5.06. The Morgan fingerprint density at radius 2 is 2.14 bits per heavy atom. The zero-order valence-electron chi connectivity index (χ0n) is 13.6. The summed E-state index contributed by atoms with van der Waals surface area (Å²) in [7, 11) is 0. The number of amides is 1. The van der Waals surface area contributed by atoms with Crippen molar-refractivity contribution in [2.75, 3.05) is 19.6 Å². The molecular formula is C17H28N4O. The summed E-state index contributed by atoms with van der Waals surface area (Å²) in [5.74, 6) is 1.05. The first-order chi connectivity index (χ1) is 10.7. The maximum atomic E-state index is 12.5. The monoisotopic (exact) mass is 304 g/mol. The van der Waals surface area contributed by atoms with Gasteiger partial charge in [-0.15, -0.1) is 0 Å². The van der Waals surface area contributed by atoms with Gasteiger partial charge in [-0.3, -0.25) is 9.48 Å². The van der Waals surface area contributed by atoms with Gasteiger partial charge in [-0.05, 0) is 44.1 Å². The van der Waals surface area contributed by atoms with E-state index in [1.54, 1.807) is 0 Å². The van der Waals surface area contributed by atoms with E-state index in [4.69, 9.17) is 0 Å². The van der Waals surface area contributed by atoms with E-state index in [0.717, 1.165) is 25.6 Å². The van der Waals surface area contributed by atoms with Gasteiger partial charge < -0.3 is 10.2 Å². The van der Waals surface area contributed by atoms with Crippen molar-refractivity contribution in [3.8, 4) is 0 Å². The highest BCUT2D eigenvalue weighted by molar-refractivity contribution is 5.78. The van der Waals surface area contributed by atoms with Crippen molar-refractivity contribution in [1.82, 2.24) is 20.0 Å². The number of nitrogens with one attached hydrogen (secondary N) is 1. The standard InChI is InChI=1S/C17H28N4O/c1-14-11-19-20(13-14)10-8-18-12-17(22)21-9-4-6-15-5-2-3-7-16(15)21/h11,13,15-16,18H,2-10,12H2,1H3/t15-,16+/m0/s1. The van der Waals surface area contributed by atoms with Gasteiger partial charge in [-0.2, -0.15) is 5.10 Å². The Bertz CT molecular complexity index is 497. The normalized spacial score (nSPS) is 25.0. The number of piperidine rings is 1. The molecule has 2 aliphatic rings. The van der Waals surface area contributed by atoms with Gasteiger partial charge >= 0.3 is 0 Å². The van der Waals surface area contributed by atoms with Crippen molar-refractivity contribution >= 4 is 5.91 Å². The molecule has 1 aromatic rings. The number of rotatable bonds is 5. The van der Waals surface area contributed by atoms with Gasteiger partial charge in [0.25, 0.3) is 0 Å². The SMILES string of the molecule is Cc1cnn(CCNCC(=O)N2CCC[C@@H]3CCCC[C@H]32)c1. The number of carbonyl (C=O) groups excluding carboxylic acids is 1. The van der Waals surface area contributed by atoms with Gasteiger partial charge in [0.05, 0.1) is 19.3 Å². The average molecular weight is 304 g/mol. The minimum Gasteiger partial charge on any atom is -0.338 e. The molecule has 22 heavy (non-hydrogen) atoms. The maximum Gasteiger partial charge on any atom is 0.236 e. The summed E-state index contributed by atoms with van der Waals surface area (Å²) in [6.07, 6.45) is 11.6. The maximum absolute atomic E-state index is 12.5. The number of hydrogen-bond acceptors (Lipinski definition) is 3. The Labute approximate surface area is 133 Å². The van der Waals surface area contributed by atoms with Crippen LogP contribution in [0.3, 0.4) is 0 Å². The number of likely N-dealkylation sites (tertiary alicyclic amines) is 1. The largest absolute Gasteiger partial charge is 0.338 e.